The Morgan fingerprint density at radius 1 is 1.16 bits per heavy atom. The zero-order chi connectivity index (χ0) is 18.1. The standard InChI is InChI=1S/C17H10ClNO6/c18-11-6-4-9(5-7-11)14(20)13-15(21)17(22)25-16(13)10-2-1-3-12(8-10)19(23)24/h1-8,16,20H. The number of ether oxygens (including phenoxy) is 1. The summed E-state index contributed by atoms with van der Waals surface area (Å²) in [7, 11) is 0. The maximum atomic E-state index is 12.1. The zero-order valence-corrected chi connectivity index (χ0v) is 13.3. The molecular weight excluding hydrogens is 350 g/mol. The Hall–Kier alpha value is -3.19. The highest BCUT2D eigenvalue weighted by molar-refractivity contribution is 6.44. The fourth-order valence-electron chi connectivity index (χ4n) is 2.48. The molecule has 1 saturated heterocycles. The quantitative estimate of drug-likeness (QED) is 0.225. The molecule has 1 N–H and O–H groups in total. The summed E-state index contributed by atoms with van der Waals surface area (Å²) in [6, 6.07) is 11.3. The molecule has 1 fully saturated rings. The number of non-ortho nitro benzene ring substituents is 1. The van der Waals surface area contributed by atoms with Crippen molar-refractivity contribution in [2.45, 2.75) is 6.10 Å². The molecule has 0 radical (unpaired) electrons. The number of cyclic esters (lactones) is 1. The average molecular weight is 360 g/mol. The Morgan fingerprint density at radius 3 is 2.48 bits per heavy atom. The first-order valence-corrected chi connectivity index (χ1v) is 7.45. The minimum absolute atomic E-state index is 0.212. The number of hydrogen-bond acceptors (Lipinski definition) is 6. The number of carbonyl (C=O) groups excluding carboxylic acids is 2. The van der Waals surface area contributed by atoms with Crippen molar-refractivity contribution in [2.24, 2.45) is 0 Å². The van der Waals surface area contributed by atoms with Gasteiger partial charge in [0.15, 0.2) is 6.10 Å². The molecule has 1 aliphatic heterocycles. The number of aliphatic hydroxyl groups excluding tert-OH is 1. The second kappa shape index (κ2) is 6.37. The van der Waals surface area contributed by atoms with E-state index in [1.165, 1.54) is 48.5 Å². The number of ketones is 1. The zero-order valence-electron chi connectivity index (χ0n) is 12.5. The molecule has 126 valence electrons. The third kappa shape index (κ3) is 3.09. The molecule has 1 heterocycles. The van der Waals surface area contributed by atoms with E-state index in [4.69, 9.17) is 16.3 Å². The van der Waals surface area contributed by atoms with Gasteiger partial charge in [-0.15, -0.1) is 0 Å². The van der Waals surface area contributed by atoms with Crippen molar-refractivity contribution < 1.29 is 24.4 Å². The number of esters is 1. The van der Waals surface area contributed by atoms with Gasteiger partial charge in [-0.2, -0.15) is 0 Å². The molecule has 1 aliphatic rings. The summed E-state index contributed by atoms with van der Waals surface area (Å²) in [4.78, 5) is 34.2. The molecule has 0 bridgehead atoms. The fraction of sp³-hybridized carbons (Fsp3) is 0.0588. The van der Waals surface area contributed by atoms with Gasteiger partial charge in [0.05, 0.1) is 10.5 Å². The first-order valence-electron chi connectivity index (χ1n) is 7.07. The molecule has 3 rings (SSSR count). The molecule has 0 amide bonds. The van der Waals surface area contributed by atoms with Crippen molar-refractivity contribution in [3.63, 3.8) is 0 Å². The van der Waals surface area contributed by atoms with E-state index in [-0.39, 0.29) is 22.4 Å². The molecular formula is C17H10ClNO6. The monoisotopic (exact) mass is 359 g/mol. The third-order valence-electron chi connectivity index (χ3n) is 3.67. The van der Waals surface area contributed by atoms with Crippen LogP contribution in [0.15, 0.2) is 54.1 Å². The molecule has 2 aromatic carbocycles. The Balaban J connectivity index is 2.12. The third-order valence-corrected chi connectivity index (χ3v) is 3.93. The van der Waals surface area contributed by atoms with Crippen molar-refractivity contribution >= 4 is 34.8 Å². The van der Waals surface area contributed by atoms with Crippen LogP contribution in [0.5, 0.6) is 0 Å². The fourth-order valence-corrected chi connectivity index (χ4v) is 2.61. The van der Waals surface area contributed by atoms with Gasteiger partial charge in [0.25, 0.3) is 11.5 Å². The van der Waals surface area contributed by atoms with E-state index in [9.17, 15) is 24.8 Å². The molecule has 0 spiro atoms. The van der Waals surface area contributed by atoms with E-state index in [1.54, 1.807) is 0 Å². The minimum atomic E-state index is -1.23. The molecule has 0 aromatic heterocycles. The molecule has 0 aliphatic carbocycles. The van der Waals surface area contributed by atoms with Gasteiger partial charge < -0.3 is 9.84 Å². The van der Waals surface area contributed by atoms with Gasteiger partial charge in [-0.25, -0.2) is 4.79 Å². The topological polar surface area (TPSA) is 107 Å². The van der Waals surface area contributed by atoms with Crippen molar-refractivity contribution in [3.05, 3.63) is 80.4 Å². The predicted octanol–water partition coefficient (Wildman–Crippen LogP) is 3.38. The van der Waals surface area contributed by atoms with E-state index < -0.39 is 28.5 Å². The number of aliphatic hydroxyl groups is 1. The summed E-state index contributed by atoms with van der Waals surface area (Å²) >= 11 is 5.79. The van der Waals surface area contributed by atoms with Crippen LogP contribution < -0.4 is 0 Å². The van der Waals surface area contributed by atoms with Gasteiger partial charge in [0.1, 0.15) is 5.76 Å². The minimum Gasteiger partial charge on any atom is -0.507 e. The van der Waals surface area contributed by atoms with Gasteiger partial charge >= 0.3 is 5.97 Å². The van der Waals surface area contributed by atoms with Crippen LogP contribution in [0, 0.1) is 10.1 Å². The highest BCUT2D eigenvalue weighted by Crippen LogP contribution is 2.37. The number of hydrogen-bond donors (Lipinski definition) is 1. The maximum Gasteiger partial charge on any atom is 0.380 e. The molecule has 25 heavy (non-hydrogen) atoms. The highest BCUT2D eigenvalue weighted by atomic mass is 35.5. The summed E-state index contributed by atoms with van der Waals surface area (Å²) in [5.74, 6) is -2.57. The first-order chi connectivity index (χ1) is 11.9. The lowest BCUT2D eigenvalue weighted by atomic mass is 9.96. The number of Topliss-reactive ketones (excluding diaryl/α,β-unsaturated/α-hetero) is 1. The lowest BCUT2D eigenvalue weighted by Gasteiger charge is -2.12. The smallest absolute Gasteiger partial charge is 0.380 e. The van der Waals surface area contributed by atoms with Gasteiger partial charge in [-0.1, -0.05) is 23.7 Å². The van der Waals surface area contributed by atoms with Crippen LogP contribution in [0.3, 0.4) is 0 Å². The average Bonchev–Trinajstić information content (AvgIpc) is 2.90. The summed E-state index contributed by atoms with van der Waals surface area (Å²) in [5.41, 5.74) is -0.0172. The van der Waals surface area contributed by atoms with E-state index in [2.05, 4.69) is 0 Å². The molecule has 0 saturated carbocycles. The summed E-state index contributed by atoms with van der Waals surface area (Å²) < 4.78 is 5.02. The normalized spacial score (nSPS) is 18.8. The van der Waals surface area contributed by atoms with Crippen LogP contribution in [0.1, 0.15) is 17.2 Å². The number of benzene rings is 2. The van der Waals surface area contributed by atoms with E-state index >= 15 is 0 Å². The van der Waals surface area contributed by atoms with Gasteiger partial charge in [0, 0.05) is 28.3 Å². The molecule has 8 heteroatoms. The van der Waals surface area contributed by atoms with Gasteiger partial charge in [-0.3, -0.25) is 14.9 Å². The largest absolute Gasteiger partial charge is 0.507 e. The van der Waals surface area contributed by atoms with E-state index in [0.29, 0.717) is 5.02 Å². The lowest BCUT2D eigenvalue weighted by Crippen LogP contribution is -2.08. The Morgan fingerprint density at radius 2 is 1.84 bits per heavy atom. The number of rotatable bonds is 3. The van der Waals surface area contributed by atoms with Crippen LogP contribution in [0.25, 0.3) is 5.76 Å². The van der Waals surface area contributed by atoms with Crippen LogP contribution in [0.4, 0.5) is 5.69 Å². The van der Waals surface area contributed by atoms with Gasteiger partial charge in [0.2, 0.25) is 0 Å². The van der Waals surface area contributed by atoms with E-state index in [1.807, 2.05) is 0 Å². The number of carbonyl (C=O) groups is 2. The summed E-state index contributed by atoms with van der Waals surface area (Å²) in [5, 5.41) is 21.8. The summed E-state index contributed by atoms with van der Waals surface area (Å²) in [6.07, 6.45) is -1.23. The van der Waals surface area contributed by atoms with Crippen molar-refractivity contribution in [1.29, 1.82) is 0 Å². The number of nitro benzene ring substituents is 1. The molecule has 7 nitrogen and oxygen atoms in total. The van der Waals surface area contributed by atoms with Crippen LogP contribution in [-0.4, -0.2) is 21.8 Å². The van der Waals surface area contributed by atoms with Gasteiger partial charge in [-0.05, 0) is 24.3 Å². The van der Waals surface area contributed by atoms with Crippen LogP contribution in [-0.2, 0) is 14.3 Å². The Labute approximate surface area is 146 Å². The summed E-state index contributed by atoms with van der Waals surface area (Å²) in [6.45, 7) is 0. The SMILES string of the molecule is O=C1OC(c2cccc([N+](=O)[O-])c2)C(=C(O)c2ccc(Cl)cc2)C1=O. The predicted molar refractivity (Wildman–Crippen MR) is 87.9 cm³/mol. The number of nitro groups is 1. The lowest BCUT2D eigenvalue weighted by molar-refractivity contribution is -0.385. The molecule has 1 atom stereocenters. The van der Waals surface area contributed by atoms with Crippen molar-refractivity contribution in [1.82, 2.24) is 0 Å². The second-order valence-corrected chi connectivity index (χ2v) is 5.67. The number of nitrogens with zero attached hydrogens (tertiary/aromatic N) is 1. The van der Waals surface area contributed by atoms with Crippen LogP contribution in [0.2, 0.25) is 5.02 Å². The highest BCUT2D eigenvalue weighted by Gasteiger charge is 2.42. The number of halogens is 1. The van der Waals surface area contributed by atoms with E-state index in [0.717, 1.165) is 0 Å². The Bertz CT molecular complexity index is 919. The van der Waals surface area contributed by atoms with Crippen LogP contribution >= 0.6 is 11.6 Å². The second-order valence-electron chi connectivity index (χ2n) is 5.24. The maximum absolute atomic E-state index is 12.1. The molecule has 1 unspecified atom stereocenters. The van der Waals surface area contributed by atoms with Crippen molar-refractivity contribution in [3.8, 4) is 0 Å². The first kappa shape index (κ1) is 16.7. The van der Waals surface area contributed by atoms with Crippen molar-refractivity contribution in [2.75, 3.05) is 0 Å². The Kier molecular flexibility index (Phi) is 4.24. The molecule has 2 aromatic rings.